The van der Waals surface area contributed by atoms with Gasteiger partial charge < -0.3 is 15.4 Å². The monoisotopic (exact) mass is 214 g/mol. The van der Waals surface area contributed by atoms with Gasteiger partial charge in [-0.15, -0.1) is 0 Å². The molecule has 0 radical (unpaired) electrons. The van der Waals surface area contributed by atoms with Crippen molar-refractivity contribution < 1.29 is 4.74 Å². The van der Waals surface area contributed by atoms with Crippen LogP contribution < -0.4 is 5.73 Å². The van der Waals surface area contributed by atoms with Crippen LogP contribution in [0, 0.1) is 11.8 Å². The second-order valence-corrected chi connectivity index (χ2v) is 5.03. The van der Waals surface area contributed by atoms with Gasteiger partial charge in [0.15, 0.2) is 0 Å². The van der Waals surface area contributed by atoms with E-state index in [2.05, 4.69) is 25.7 Å². The van der Waals surface area contributed by atoms with Crippen LogP contribution in [0.15, 0.2) is 0 Å². The Kier molecular flexibility index (Phi) is 5.58. The van der Waals surface area contributed by atoms with E-state index < -0.39 is 0 Å². The third-order valence-corrected chi connectivity index (χ3v) is 3.11. The van der Waals surface area contributed by atoms with Crippen LogP contribution in [-0.2, 0) is 4.74 Å². The Labute approximate surface area is 94.0 Å². The number of rotatable bonds is 6. The molecule has 0 aromatic rings. The van der Waals surface area contributed by atoms with Gasteiger partial charge in [-0.3, -0.25) is 0 Å². The molecule has 15 heavy (non-hydrogen) atoms. The first-order valence-corrected chi connectivity index (χ1v) is 6.19. The van der Waals surface area contributed by atoms with Crippen molar-refractivity contribution in [2.75, 3.05) is 32.8 Å². The van der Waals surface area contributed by atoms with Crippen molar-refractivity contribution in [3.63, 3.8) is 0 Å². The summed E-state index contributed by atoms with van der Waals surface area (Å²) in [6, 6.07) is 0.284. The highest BCUT2D eigenvalue weighted by molar-refractivity contribution is 4.79. The third kappa shape index (κ3) is 4.49. The van der Waals surface area contributed by atoms with Crippen LogP contribution in [0.1, 0.15) is 27.2 Å². The zero-order valence-electron chi connectivity index (χ0n) is 10.4. The summed E-state index contributed by atoms with van der Waals surface area (Å²) in [6.45, 7) is 11.7. The first-order chi connectivity index (χ1) is 7.13. The highest BCUT2D eigenvalue weighted by atomic mass is 16.5. The molecule has 1 aliphatic rings. The minimum Gasteiger partial charge on any atom is -0.381 e. The first kappa shape index (κ1) is 12.9. The summed E-state index contributed by atoms with van der Waals surface area (Å²) >= 11 is 0. The Morgan fingerprint density at radius 3 is 2.60 bits per heavy atom. The fourth-order valence-electron chi connectivity index (χ4n) is 2.19. The van der Waals surface area contributed by atoms with Gasteiger partial charge in [0.05, 0.1) is 6.61 Å². The quantitative estimate of drug-likeness (QED) is 0.725. The fourth-order valence-corrected chi connectivity index (χ4v) is 2.19. The Bertz CT molecular complexity index is 167. The van der Waals surface area contributed by atoms with E-state index in [1.807, 2.05) is 0 Å². The van der Waals surface area contributed by atoms with Gasteiger partial charge in [0.25, 0.3) is 0 Å². The van der Waals surface area contributed by atoms with Crippen molar-refractivity contribution in [2.45, 2.75) is 33.2 Å². The maximum atomic E-state index is 6.21. The second kappa shape index (κ2) is 6.46. The number of ether oxygens (including phenoxy) is 1. The highest BCUT2D eigenvalue weighted by Crippen LogP contribution is 2.16. The number of hydrogen-bond donors (Lipinski definition) is 1. The molecule has 0 bridgehead atoms. The summed E-state index contributed by atoms with van der Waals surface area (Å²) in [4.78, 5) is 2.45. The van der Waals surface area contributed by atoms with Gasteiger partial charge in [-0.25, -0.2) is 0 Å². The molecule has 3 heteroatoms. The normalized spacial score (nSPS) is 24.0. The van der Waals surface area contributed by atoms with Gasteiger partial charge in [0.2, 0.25) is 0 Å². The molecule has 0 aromatic heterocycles. The zero-order chi connectivity index (χ0) is 11.3. The van der Waals surface area contributed by atoms with Crippen molar-refractivity contribution in [3.05, 3.63) is 0 Å². The SMILES string of the molecule is CCN(CC(C)C)CC(N)C1CCOC1. The maximum Gasteiger partial charge on any atom is 0.0510 e. The third-order valence-electron chi connectivity index (χ3n) is 3.11. The Hall–Kier alpha value is -0.120. The average Bonchev–Trinajstić information content (AvgIpc) is 2.68. The van der Waals surface area contributed by atoms with Gasteiger partial charge in [-0.2, -0.15) is 0 Å². The van der Waals surface area contributed by atoms with Crippen LogP contribution in [0.3, 0.4) is 0 Å². The lowest BCUT2D eigenvalue weighted by atomic mass is 9.99. The van der Waals surface area contributed by atoms with Crippen LogP contribution in [-0.4, -0.2) is 43.8 Å². The van der Waals surface area contributed by atoms with Gasteiger partial charge in [-0.05, 0) is 18.9 Å². The van der Waals surface area contributed by atoms with Crippen molar-refractivity contribution in [2.24, 2.45) is 17.6 Å². The molecular weight excluding hydrogens is 188 g/mol. The minimum absolute atomic E-state index is 0.284. The van der Waals surface area contributed by atoms with Crippen molar-refractivity contribution >= 4 is 0 Å². The van der Waals surface area contributed by atoms with Gasteiger partial charge in [0, 0.05) is 31.7 Å². The summed E-state index contributed by atoms with van der Waals surface area (Å²) in [6.07, 6.45) is 1.14. The summed E-state index contributed by atoms with van der Waals surface area (Å²) in [5.41, 5.74) is 6.21. The molecule has 1 fully saturated rings. The number of nitrogens with zero attached hydrogens (tertiary/aromatic N) is 1. The first-order valence-electron chi connectivity index (χ1n) is 6.19. The molecule has 1 rings (SSSR count). The molecule has 0 aromatic carbocycles. The van der Waals surface area contributed by atoms with Gasteiger partial charge in [0.1, 0.15) is 0 Å². The molecule has 0 aliphatic carbocycles. The summed E-state index contributed by atoms with van der Waals surface area (Å²) in [7, 11) is 0. The molecule has 1 aliphatic heterocycles. The van der Waals surface area contributed by atoms with Crippen molar-refractivity contribution in [1.82, 2.24) is 4.90 Å². The van der Waals surface area contributed by atoms with Crippen LogP contribution in [0.5, 0.6) is 0 Å². The predicted molar refractivity (Wildman–Crippen MR) is 63.9 cm³/mol. The second-order valence-electron chi connectivity index (χ2n) is 5.03. The summed E-state index contributed by atoms with van der Waals surface area (Å²) < 4.78 is 5.38. The summed E-state index contributed by atoms with van der Waals surface area (Å²) in [5.74, 6) is 1.29. The van der Waals surface area contributed by atoms with Crippen LogP contribution in [0.2, 0.25) is 0 Å². The van der Waals surface area contributed by atoms with Crippen molar-refractivity contribution in [3.8, 4) is 0 Å². The average molecular weight is 214 g/mol. The fraction of sp³-hybridized carbons (Fsp3) is 1.00. The van der Waals surface area contributed by atoms with E-state index >= 15 is 0 Å². The van der Waals surface area contributed by atoms with E-state index in [1.54, 1.807) is 0 Å². The largest absolute Gasteiger partial charge is 0.381 e. The lowest BCUT2D eigenvalue weighted by Crippen LogP contribution is -2.43. The van der Waals surface area contributed by atoms with Crippen LogP contribution >= 0.6 is 0 Å². The molecule has 2 N–H and O–H groups in total. The Morgan fingerprint density at radius 2 is 2.13 bits per heavy atom. The molecule has 90 valence electrons. The van der Waals surface area contributed by atoms with E-state index in [9.17, 15) is 0 Å². The molecule has 0 spiro atoms. The molecular formula is C12H26N2O. The van der Waals surface area contributed by atoms with E-state index in [-0.39, 0.29) is 6.04 Å². The smallest absolute Gasteiger partial charge is 0.0510 e. The molecule has 0 saturated carbocycles. The zero-order valence-corrected chi connectivity index (χ0v) is 10.4. The van der Waals surface area contributed by atoms with Crippen molar-refractivity contribution in [1.29, 1.82) is 0 Å². The number of nitrogens with two attached hydrogens (primary N) is 1. The molecule has 0 amide bonds. The molecule has 3 nitrogen and oxygen atoms in total. The van der Waals surface area contributed by atoms with E-state index in [0.29, 0.717) is 5.92 Å². The maximum absolute atomic E-state index is 6.21. The lowest BCUT2D eigenvalue weighted by Gasteiger charge is -2.28. The Balaban J connectivity index is 2.29. The van der Waals surface area contributed by atoms with Crippen LogP contribution in [0.4, 0.5) is 0 Å². The summed E-state index contributed by atoms with van der Waals surface area (Å²) in [5, 5.41) is 0. The highest BCUT2D eigenvalue weighted by Gasteiger charge is 2.24. The minimum atomic E-state index is 0.284. The topological polar surface area (TPSA) is 38.5 Å². The number of hydrogen-bond acceptors (Lipinski definition) is 3. The lowest BCUT2D eigenvalue weighted by molar-refractivity contribution is 0.168. The van der Waals surface area contributed by atoms with E-state index in [0.717, 1.165) is 45.2 Å². The molecule has 2 atom stereocenters. The molecule has 1 heterocycles. The number of likely N-dealkylation sites (N-methyl/N-ethyl adjacent to an activating group) is 1. The van der Waals surface area contributed by atoms with Gasteiger partial charge >= 0.3 is 0 Å². The predicted octanol–water partition coefficient (Wildman–Crippen LogP) is 1.33. The van der Waals surface area contributed by atoms with Gasteiger partial charge in [-0.1, -0.05) is 20.8 Å². The van der Waals surface area contributed by atoms with E-state index in [1.165, 1.54) is 0 Å². The van der Waals surface area contributed by atoms with E-state index in [4.69, 9.17) is 10.5 Å². The van der Waals surface area contributed by atoms with Crippen LogP contribution in [0.25, 0.3) is 0 Å². The Morgan fingerprint density at radius 1 is 1.40 bits per heavy atom. The standard InChI is InChI=1S/C12H26N2O/c1-4-14(7-10(2)3)8-12(13)11-5-6-15-9-11/h10-12H,4-9,13H2,1-3H3. The molecule has 1 saturated heterocycles. The molecule has 2 unspecified atom stereocenters.